The van der Waals surface area contributed by atoms with Gasteiger partial charge < -0.3 is 9.15 Å². The predicted molar refractivity (Wildman–Crippen MR) is 81.9 cm³/mol. The summed E-state index contributed by atoms with van der Waals surface area (Å²) < 4.78 is 10.9. The number of methoxy groups -OCH3 is 1. The summed E-state index contributed by atoms with van der Waals surface area (Å²) in [5, 5.41) is 2.02. The molecule has 0 radical (unpaired) electrons. The number of fused-ring (bicyclic) bond motifs is 2. The molecule has 3 aromatic rings. The zero-order valence-corrected chi connectivity index (χ0v) is 11.5. The maximum absolute atomic E-state index is 5.54. The quantitative estimate of drug-likeness (QED) is 0.650. The molecule has 2 heterocycles. The number of ether oxygens (including phenoxy) is 1. The lowest BCUT2D eigenvalue weighted by Gasteiger charge is -2.03. The van der Waals surface area contributed by atoms with Gasteiger partial charge in [-0.15, -0.1) is 0 Å². The highest BCUT2D eigenvalue weighted by Crippen LogP contribution is 2.29. The molecule has 3 rings (SSSR count). The van der Waals surface area contributed by atoms with E-state index < -0.39 is 0 Å². The van der Waals surface area contributed by atoms with Crippen molar-refractivity contribution in [2.24, 2.45) is 0 Å². The molecule has 0 aliphatic heterocycles. The van der Waals surface area contributed by atoms with E-state index in [1.165, 1.54) is 0 Å². The minimum atomic E-state index is 0.614. The van der Waals surface area contributed by atoms with Gasteiger partial charge in [0.05, 0.1) is 7.11 Å². The second-order valence-electron chi connectivity index (χ2n) is 4.74. The summed E-state index contributed by atoms with van der Waals surface area (Å²) in [5.41, 5.74) is 3.42. The zero-order chi connectivity index (χ0) is 14.1. The number of nitrogens with zero attached hydrogens (tertiary/aromatic N) is 1. The summed E-state index contributed by atoms with van der Waals surface area (Å²) >= 11 is 0. The molecule has 0 aliphatic carbocycles. The van der Waals surface area contributed by atoms with Crippen molar-refractivity contribution in [3.05, 3.63) is 54.3 Å². The second kappa shape index (κ2) is 4.85. The van der Waals surface area contributed by atoms with Crippen molar-refractivity contribution >= 4 is 28.1 Å². The lowest BCUT2D eigenvalue weighted by atomic mass is 10.1. The molecule has 0 saturated carbocycles. The highest BCUT2D eigenvalue weighted by atomic mass is 16.5. The van der Waals surface area contributed by atoms with Gasteiger partial charge in [-0.2, -0.15) is 0 Å². The zero-order valence-electron chi connectivity index (χ0n) is 11.5. The molecule has 0 bridgehead atoms. The number of allylic oxidation sites excluding steroid dienone is 2. The first kappa shape index (κ1) is 12.5. The first-order valence-electron chi connectivity index (χ1n) is 6.37. The smallest absolute Gasteiger partial charge is 0.227 e. The number of benzene rings is 1. The van der Waals surface area contributed by atoms with E-state index >= 15 is 0 Å². The van der Waals surface area contributed by atoms with Gasteiger partial charge in [0.1, 0.15) is 17.5 Å². The maximum atomic E-state index is 5.54. The fraction of sp³-hybridized carbons (Fsp3) is 0.118. The van der Waals surface area contributed by atoms with E-state index in [1.807, 2.05) is 37.3 Å². The summed E-state index contributed by atoms with van der Waals surface area (Å²) in [5.74, 6) is 0.750. The summed E-state index contributed by atoms with van der Waals surface area (Å²) in [4.78, 5) is 4.55. The Balaban J connectivity index is 2.24. The summed E-state index contributed by atoms with van der Waals surface area (Å²) in [6.45, 7) is 5.81. The van der Waals surface area contributed by atoms with E-state index in [0.29, 0.717) is 5.71 Å². The predicted octanol–water partition coefficient (Wildman–Crippen LogP) is 4.58. The molecule has 0 aliphatic rings. The number of para-hydroxylation sites is 1. The van der Waals surface area contributed by atoms with E-state index in [2.05, 4.69) is 17.6 Å². The molecule has 2 aromatic heterocycles. The third-order valence-electron chi connectivity index (χ3n) is 3.15. The maximum Gasteiger partial charge on any atom is 0.227 e. The summed E-state index contributed by atoms with van der Waals surface area (Å²) in [6.07, 6.45) is 5.66. The summed E-state index contributed by atoms with van der Waals surface area (Å²) in [6, 6.07) is 7.94. The number of furan rings is 1. The lowest BCUT2D eigenvalue weighted by molar-refractivity contribution is 0.419. The highest BCUT2D eigenvalue weighted by molar-refractivity contribution is 5.97. The Hall–Kier alpha value is -2.55. The Bertz CT molecular complexity index is 827. The minimum Gasteiger partial charge on any atom is -0.494 e. The van der Waals surface area contributed by atoms with Gasteiger partial charge in [-0.05, 0) is 19.1 Å². The van der Waals surface area contributed by atoms with E-state index in [4.69, 9.17) is 9.15 Å². The second-order valence-corrected chi connectivity index (χ2v) is 4.74. The Morgan fingerprint density at radius 1 is 1.40 bits per heavy atom. The molecule has 0 unspecified atom stereocenters. The van der Waals surface area contributed by atoms with Gasteiger partial charge in [0.25, 0.3) is 0 Å². The SMILES string of the molecule is C=C(C)/C=C/c1coc2nc3c(OC)cccc3cc12. The molecule has 0 atom stereocenters. The molecular weight excluding hydrogens is 250 g/mol. The Labute approximate surface area is 117 Å². The number of hydrogen-bond donors (Lipinski definition) is 0. The Morgan fingerprint density at radius 2 is 2.25 bits per heavy atom. The van der Waals surface area contributed by atoms with Gasteiger partial charge in [-0.3, -0.25) is 0 Å². The van der Waals surface area contributed by atoms with Gasteiger partial charge >= 0.3 is 0 Å². The lowest BCUT2D eigenvalue weighted by Crippen LogP contribution is -1.87. The Morgan fingerprint density at radius 3 is 3.00 bits per heavy atom. The van der Waals surface area contributed by atoms with E-state index in [-0.39, 0.29) is 0 Å². The van der Waals surface area contributed by atoms with Crippen LogP contribution in [0.15, 0.2) is 53.2 Å². The highest BCUT2D eigenvalue weighted by Gasteiger charge is 2.09. The molecule has 0 spiro atoms. The van der Waals surface area contributed by atoms with Crippen LogP contribution in [0, 0.1) is 0 Å². The van der Waals surface area contributed by atoms with Crippen molar-refractivity contribution < 1.29 is 9.15 Å². The van der Waals surface area contributed by atoms with Crippen molar-refractivity contribution in [2.75, 3.05) is 7.11 Å². The van der Waals surface area contributed by atoms with E-state index in [9.17, 15) is 0 Å². The first-order chi connectivity index (χ1) is 9.69. The number of aromatic nitrogens is 1. The van der Waals surface area contributed by atoms with E-state index in [0.717, 1.165) is 33.2 Å². The fourth-order valence-electron chi connectivity index (χ4n) is 2.16. The van der Waals surface area contributed by atoms with Crippen LogP contribution in [-0.4, -0.2) is 12.1 Å². The third kappa shape index (κ3) is 2.07. The molecule has 0 amide bonds. The van der Waals surface area contributed by atoms with Crippen LogP contribution < -0.4 is 4.74 Å². The molecule has 0 N–H and O–H groups in total. The number of pyridine rings is 1. The third-order valence-corrected chi connectivity index (χ3v) is 3.15. The topological polar surface area (TPSA) is 35.3 Å². The Kier molecular flexibility index (Phi) is 3.03. The minimum absolute atomic E-state index is 0.614. The van der Waals surface area contributed by atoms with Crippen LogP contribution in [-0.2, 0) is 0 Å². The van der Waals surface area contributed by atoms with Gasteiger partial charge in [0.2, 0.25) is 5.71 Å². The number of hydrogen-bond acceptors (Lipinski definition) is 3. The molecule has 100 valence electrons. The van der Waals surface area contributed by atoms with Crippen LogP contribution in [0.5, 0.6) is 5.75 Å². The average Bonchev–Trinajstić information content (AvgIpc) is 2.84. The number of rotatable bonds is 3. The van der Waals surface area contributed by atoms with Crippen LogP contribution in [0.4, 0.5) is 0 Å². The average molecular weight is 265 g/mol. The van der Waals surface area contributed by atoms with Crippen LogP contribution in [0.25, 0.3) is 28.1 Å². The van der Waals surface area contributed by atoms with Crippen molar-refractivity contribution in [2.45, 2.75) is 6.92 Å². The van der Waals surface area contributed by atoms with Gasteiger partial charge in [0.15, 0.2) is 0 Å². The molecule has 0 fully saturated rings. The van der Waals surface area contributed by atoms with Crippen LogP contribution >= 0.6 is 0 Å². The van der Waals surface area contributed by atoms with Crippen LogP contribution in [0.1, 0.15) is 12.5 Å². The fourth-order valence-corrected chi connectivity index (χ4v) is 2.16. The molecule has 3 heteroatoms. The molecule has 1 aromatic carbocycles. The van der Waals surface area contributed by atoms with Crippen LogP contribution in [0.3, 0.4) is 0 Å². The normalized spacial score (nSPS) is 11.5. The molecule has 20 heavy (non-hydrogen) atoms. The molecule has 3 nitrogen and oxygen atoms in total. The summed E-state index contributed by atoms with van der Waals surface area (Å²) in [7, 11) is 1.64. The van der Waals surface area contributed by atoms with Crippen molar-refractivity contribution in [1.82, 2.24) is 4.98 Å². The van der Waals surface area contributed by atoms with Crippen molar-refractivity contribution in [3.63, 3.8) is 0 Å². The van der Waals surface area contributed by atoms with Gasteiger partial charge in [0, 0.05) is 16.3 Å². The molecule has 0 saturated heterocycles. The van der Waals surface area contributed by atoms with Crippen LogP contribution in [0.2, 0.25) is 0 Å². The van der Waals surface area contributed by atoms with Crippen molar-refractivity contribution in [3.8, 4) is 5.75 Å². The largest absolute Gasteiger partial charge is 0.494 e. The molecular formula is C17H15NO2. The van der Waals surface area contributed by atoms with Gasteiger partial charge in [-0.1, -0.05) is 36.4 Å². The van der Waals surface area contributed by atoms with Gasteiger partial charge in [-0.25, -0.2) is 4.98 Å². The van der Waals surface area contributed by atoms with E-state index in [1.54, 1.807) is 13.4 Å². The van der Waals surface area contributed by atoms with Crippen molar-refractivity contribution in [1.29, 1.82) is 0 Å². The monoisotopic (exact) mass is 265 g/mol. The standard InChI is InChI=1S/C17H15NO2/c1-11(2)7-8-13-10-20-17-14(13)9-12-5-4-6-15(19-3)16(12)18-17/h4-10H,1H2,2-3H3/b8-7+. The first-order valence-corrected chi connectivity index (χ1v) is 6.37.